The van der Waals surface area contributed by atoms with Gasteiger partial charge in [0.05, 0.1) is 18.7 Å². The van der Waals surface area contributed by atoms with Crippen LogP contribution in [0, 0.1) is 11.3 Å². The minimum Gasteiger partial charge on any atom is -0.467 e. The number of nitriles is 1. The molecule has 0 spiro atoms. The molecule has 108 valence electrons. The zero-order valence-corrected chi connectivity index (χ0v) is 11.9. The van der Waals surface area contributed by atoms with Crippen molar-refractivity contribution in [1.82, 2.24) is 15.0 Å². The second-order valence-electron chi connectivity index (χ2n) is 4.21. The third kappa shape index (κ3) is 4.04. The van der Waals surface area contributed by atoms with E-state index in [0.717, 1.165) is 18.7 Å². The van der Waals surface area contributed by atoms with E-state index in [4.69, 9.17) is 10.00 Å². The van der Waals surface area contributed by atoms with E-state index in [1.807, 2.05) is 0 Å². The van der Waals surface area contributed by atoms with Crippen LogP contribution in [-0.2, 0) is 0 Å². The lowest BCUT2D eigenvalue weighted by Crippen LogP contribution is -2.08. The van der Waals surface area contributed by atoms with Gasteiger partial charge in [0.2, 0.25) is 11.9 Å². The van der Waals surface area contributed by atoms with E-state index in [2.05, 4.69) is 38.6 Å². The fraction of sp³-hybridized carbons (Fsp3) is 0.286. The van der Waals surface area contributed by atoms with E-state index >= 15 is 0 Å². The number of benzene rings is 1. The van der Waals surface area contributed by atoms with E-state index in [0.29, 0.717) is 17.5 Å². The second kappa shape index (κ2) is 7.05. The number of aromatic nitrogens is 3. The third-order valence-corrected chi connectivity index (χ3v) is 2.60. The first-order valence-corrected chi connectivity index (χ1v) is 6.56. The van der Waals surface area contributed by atoms with Gasteiger partial charge in [0.1, 0.15) is 0 Å². The molecule has 0 unspecified atom stereocenters. The Kier molecular flexibility index (Phi) is 4.88. The molecule has 0 radical (unpaired) electrons. The Balaban J connectivity index is 2.19. The zero-order chi connectivity index (χ0) is 15.1. The quantitative estimate of drug-likeness (QED) is 0.840. The van der Waals surface area contributed by atoms with Crippen LogP contribution in [0.1, 0.15) is 18.9 Å². The van der Waals surface area contributed by atoms with Crippen LogP contribution in [0.2, 0.25) is 0 Å². The molecule has 1 heterocycles. The lowest BCUT2D eigenvalue weighted by molar-refractivity contribution is 0.379. The van der Waals surface area contributed by atoms with Crippen molar-refractivity contribution in [3.8, 4) is 12.1 Å². The van der Waals surface area contributed by atoms with Crippen LogP contribution in [0.25, 0.3) is 0 Å². The third-order valence-electron chi connectivity index (χ3n) is 2.60. The molecular weight excluding hydrogens is 268 g/mol. The average Bonchev–Trinajstić information content (AvgIpc) is 2.53. The van der Waals surface area contributed by atoms with Crippen LogP contribution in [-0.4, -0.2) is 28.6 Å². The number of ether oxygens (including phenoxy) is 1. The summed E-state index contributed by atoms with van der Waals surface area (Å²) < 4.78 is 5.06. The van der Waals surface area contributed by atoms with Crippen molar-refractivity contribution in [2.45, 2.75) is 13.3 Å². The predicted octanol–water partition coefficient (Wildman–Crippen LogP) is 2.32. The number of rotatable bonds is 6. The summed E-state index contributed by atoms with van der Waals surface area (Å²) in [6.07, 6.45) is 0.965. The fourth-order valence-electron chi connectivity index (χ4n) is 1.58. The highest BCUT2D eigenvalue weighted by atomic mass is 16.5. The molecule has 0 saturated heterocycles. The van der Waals surface area contributed by atoms with Crippen LogP contribution >= 0.6 is 0 Å². The molecule has 0 aliphatic rings. The first-order valence-electron chi connectivity index (χ1n) is 6.56. The second-order valence-corrected chi connectivity index (χ2v) is 4.21. The maximum atomic E-state index is 8.78. The average molecular weight is 284 g/mol. The van der Waals surface area contributed by atoms with Crippen molar-refractivity contribution >= 4 is 17.6 Å². The molecule has 0 fully saturated rings. The molecule has 21 heavy (non-hydrogen) atoms. The lowest BCUT2D eigenvalue weighted by atomic mass is 10.2. The first kappa shape index (κ1) is 14.5. The Morgan fingerprint density at radius 1 is 1.14 bits per heavy atom. The molecule has 7 nitrogen and oxygen atoms in total. The monoisotopic (exact) mass is 284 g/mol. The van der Waals surface area contributed by atoms with E-state index in [-0.39, 0.29) is 6.01 Å². The Morgan fingerprint density at radius 2 is 1.86 bits per heavy atom. The maximum Gasteiger partial charge on any atom is 0.322 e. The number of methoxy groups -OCH3 is 1. The number of hydrogen-bond donors (Lipinski definition) is 2. The first-order chi connectivity index (χ1) is 10.2. The smallest absolute Gasteiger partial charge is 0.322 e. The highest BCUT2D eigenvalue weighted by Gasteiger charge is 2.06. The van der Waals surface area contributed by atoms with Gasteiger partial charge in [-0.1, -0.05) is 6.92 Å². The van der Waals surface area contributed by atoms with Gasteiger partial charge in [-0.2, -0.15) is 20.2 Å². The number of anilines is 3. The minimum absolute atomic E-state index is 0.236. The molecule has 0 atom stereocenters. The van der Waals surface area contributed by atoms with Crippen LogP contribution in [0.15, 0.2) is 24.3 Å². The van der Waals surface area contributed by atoms with Crippen molar-refractivity contribution in [3.63, 3.8) is 0 Å². The molecule has 0 bridgehead atoms. The molecule has 2 N–H and O–H groups in total. The maximum absolute atomic E-state index is 8.78. The van der Waals surface area contributed by atoms with Gasteiger partial charge < -0.3 is 15.4 Å². The SMILES string of the molecule is CCCNc1nc(Nc2ccc(C#N)cc2)nc(OC)n1. The Bertz CT molecular complexity index is 635. The van der Waals surface area contributed by atoms with Crippen LogP contribution in [0.5, 0.6) is 6.01 Å². The molecule has 2 rings (SSSR count). The largest absolute Gasteiger partial charge is 0.467 e. The molecule has 7 heteroatoms. The summed E-state index contributed by atoms with van der Waals surface area (Å²) in [6, 6.07) is 9.32. The molecule has 0 saturated carbocycles. The summed E-state index contributed by atoms with van der Waals surface area (Å²) >= 11 is 0. The Hall–Kier alpha value is -2.88. The van der Waals surface area contributed by atoms with Crippen molar-refractivity contribution in [2.75, 3.05) is 24.3 Å². The summed E-state index contributed by atoms with van der Waals surface area (Å²) in [7, 11) is 1.50. The Morgan fingerprint density at radius 3 is 2.48 bits per heavy atom. The summed E-state index contributed by atoms with van der Waals surface area (Å²) in [4.78, 5) is 12.5. The molecule has 0 amide bonds. The lowest BCUT2D eigenvalue weighted by Gasteiger charge is -2.09. The van der Waals surface area contributed by atoms with Crippen molar-refractivity contribution in [1.29, 1.82) is 5.26 Å². The molecule has 0 aliphatic carbocycles. The van der Waals surface area contributed by atoms with E-state index < -0.39 is 0 Å². The summed E-state index contributed by atoms with van der Waals surface area (Å²) in [5.41, 5.74) is 1.38. The summed E-state index contributed by atoms with van der Waals surface area (Å²) in [6.45, 7) is 2.82. The van der Waals surface area contributed by atoms with Gasteiger partial charge in [0.25, 0.3) is 0 Å². The Labute approximate surface area is 123 Å². The molecule has 2 aromatic rings. The molecule has 0 aliphatic heterocycles. The van der Waals surface area contributed by atoms with Crippen molar-refractivity contribution in [2.24, 2.45) is 0 Å². The van der Waals surface area contributed by atoms with Gasteiger partial charge in [-0.3, -0.25) is 0 Å². The normalized spacial score (nSPS) is 9.76. The molecular formula is C14H16N6O. The highest BCUT2D eigenvalue weighted by molar-refractivity contribution is 5.55. The van der Waals surface area contributed by atoms with Gasteiger partial charge in [0, 0.05) is 12.2 Å². The van der Waals surface area contributed by atoms with Gasteiger partial charge in [0.15, 0.2) is 0 Å². The highest BCUT2D eigenvalue weighted by Crippen LogP contribution is 2.17. The van der Waals surface area contributed by atoms with Crippen LogP contribution in [0.3, 0.4) is 0 Å². The van der Waals surface area contributed by atoms with Gasteiger partial charge in [-0.25, -0.2) is 0 Å². The summed E-state index contributed by atoms with van der Waals surface area (Å²) in [5.74, 6) is 0.838. The van der Waals surface area contributed by atoms with Crippen LogP contribution < -0.4 is 15.4 Å². The number of nitrogens with one attached hydrogen (secondary N) is 2. The van der Waals surface area contributed by atoms with Crippen LogP contribution in [0.4, 0.5) is 17.6 Å². The predicted molar refractivity (Wildman–Crippen MR) is 79.6 cm³/mol. The van der Waals surface area contributed by atoms with Crippen molar-refractivity contribution in [3.05, 3.63) is 29.8 Å². The van der Waals surface area contributed by atoms with Crippen molar-refractivity contribution < 1.29 is 4.74 Å². The topological polar surface area (TPSA) is 95.8 Å². The fourth-order valence-corrected chi connectivity index (χ4v) is 1.58. The van der Waals surface area contributed by atoms with Gasteiger partial charge >= 0.3 is 6.01 Å². The van der Waals surface area contributed by atoms with E-state index in [1.54, 1.807) is 24.3 Å². The van der Waals surface area contributed by atoms with Gasteiger partial charge in [-0.05, 0) is 30.7 Å². The standard InChI is InChI=1S/C14H16N6O/c1-3-8-16-12-18-13(20-14(19-12)21-2)17-11-6-4-10(9-15)5-7-11/h4-7H,3,8H2,1-2H3,(H2,16,17,18,19,20). The van der Waals surface area contributed by atoms with E-state index in [1.165, 1.54) is 7.11 Å². The number of nitrogens with zero attached hydrogens (tertiary/aromatic N) is 4. The van der Waals surface area contributed by atoms with Gasteiger partial charge in [-0.15, -0.1) is 0 Å². The van der Waals surface area contributed by atoms with E-state index in [9.17, 15) is 0 Å². The molecule has 1 aromatic carbocycles. The zero-order valence-electron chi connectivity index (χ0n) is 11.9. The summed E-state index contributed by atoms with van der Waals surface area (Å²) in [5, 5.41) is 14.9. The number of hydrogen-bond acceptors (Lipinski definition) is 7. The molecule has 1 aromatic heterocycles. The minimum atomic E-state index is 0.236.